The van der Waals surface area contributed by atoms with E-state index in [4.69, 9.17) is 0 Å². The van der Waals surface area contributed by atoms with E-state index in [9.17, 15) is 4.79 Å². The van der Waals surface area contributed by atoms with E-state index in [-0.39, 0.29) is 17.9 Å². The van der Waals surface area contributed by atoms with Crippen molar-refractivity contribution in [1.82, 2.24) is 5.32 Å². The number of carbonyl (C=O) groups excluding carboxylic acids is 1. The molecule has 1 amide bonds. The van der Waals surface area contributed by atoms with E-state index >= 15 is 0 Å². The predicted molar refractivity (Wildman–Crippen MR) is 91.4 cm³/mol. The van der Waals surface area contributed by atoms with Crippen LogP contribution in [0.1, 0.15) is 38.6 Å². The van der Waals surface area contributed by atoms with Gasteiger partial charge in [0, 0.05) is 5.92 Å². The molecule has 3 N–H and O–H groups in total. The molecule has 0 radical (unpaired) electrons. The Bertz CT molecular complexity index is 452. The number of likely N-dealkylation sites (N-methyl/N-ethyl adjacent to an activating group) is 1. The van der Waals surface area contributed by atoms with Crippen LogP contribution in [0.2, 0.25) is 0 Å². The zero-order chi connectivity index (χ0) is 16.1. The van der Waals surface area contributed by atoms with Crippen LogP contribution in [0.3, 0.4) is 0 Å². The topological polar surface area (TPSA) is 38.0 Å². The van der Waals surface area contributed by atoms with Gasteiger partial charge in [0.1, 0.15) is 32.2 Å². The standard InChI is InChI=1S/C17H29N3OS/c1-5-19-8-10-20(11-9-19)16(15-7-6-12-22-15)14(4)18-17(21)13(2)3/h6-7,12-14,16H,5,8-11H2,1-4H3,(H,18,21)/p+2. The summed E-state index contributed by atoms with van der Waals surface area (Å²) in [4.78, 5) is 16.8. The summed E-state index contributed by atoms with van der Waals surface area (Å²) < 4.78 is 0. The molecular formula is C17H31N3OS+2. The highest BCUT2D eigenvalue weighted by Crippen LogP contribution is 2.20. The van der Waals surface area contributed by atoms with Crippen molar-refractivity contribution in [3.05, 3.63) is 22.4 Å². The van der Waals surface area contributed by atoms with Crippen molar-refractivity contribution >= 4 is 17.2 Å². The minimum Gasteiger partial charge on any atom is -0.347 e. The highest BCUT2D eigenvalue weighted by Gasteiger charge is 2.35. The van der Waals surface area contributed by atoms with Gasteiger partial charge in [-0.3, -0.25) is 4.79 Å². The van der Waals surface area contributed by atoms with Gasteiger partial charge in [0.2, 0.25) is 5.91 Å². The first-order valence-electron chi connectivity index (χ1n) is 8.54. The second kappa shape index (κ2) is 8.09. The third-order valence-corrected chi connectivity index (χ3v) is 5.74. The van der Waals surface area contributed by atoms with Crippen LogP contribution in [-0.2, 0) is 4.79 Å². The van der Waals surface area contributed by atoms with Crippen LogP contribution in [-0.4, -0.2) is 44.7 Å². The number of quaternary nitrogens is 2. The van der Waals surface area contributed by atoms with Crippen molar-refractivity contribution in [2.24, 2.45) is 5.92 Å². The number of nitrogens with one attached hydrogen (secondary N) is 3. The fourth-order valence-corrected chi connectivity index (χ4v) is 4.32. The van der Waals surface area contributed by atoms with E-state index in [0.29, 0.717) is 6.04 Å². The number of piperazine rings is 1. The van der Waals surface area contributed by atoms with Gasteiger partial charge in [-0.1, -0.05) is 19.9 Å². The molecule has 1 aliphatic heterocycles. The van der Waals surface area contributed by atoms with E-state index in [0.717, 1.165) is 0 Å². The Morgan fingerprint density at radius 2 is 1.95 bits per heavy atom. The van der Waals surface area contributed by atoms with Gasteiger partial charge in [-0.25, -0.2) is 0 Å². The van der Waals surface area contributed by atoms with Crippen molar-refractivity contribution in [2.75, 3.05) is 32.7 Å². The monoisotopic (exact) mass is 325 g/mol. The number of hydrogen-bond donors (Lipinski definition) is 3. The summed E-state index contributed by atoms with van der Waals surface area (Å²) in [5.41, 5.74) is 0. The molecule has 124 valence electrons. The Kier molecular flexibility index (Phi) is 6.41. The first-order valence-corrected chi connectivity index (χ1v) is 9.42. The summed E-state index contributed by atoms with van der Waals surface area (Å²) in [6.45, 7) is 14.4. The van der Waals surface area contributed by atoms with Gasteiger partial charge in [-0.05, 0) is 25.3 Å². The van der Waals surface area contributed by atoms with Crippen LogP contribution in [0.4, 0.5) is 0 Å². The SMILES string of the molecule is CC[NH+]1CC[NH+](C(c2cccs2)C(C)NC(=O)C(C)C)CC1. The lowest BCUT2D eigenvalue weighted by atomic mass is 10.0. The summed E-state index contributed by atoms with van der Waals surface area (Å²) in [6, 6.07) is 4.89. The highest BCUT2D eigenvalue weighted by molar-refractivity contribution is 7.10. The molecule has 0 saturated carbocycles. The summed E-state index contributed by atoms with van der Waals surface area (Å²) in [5, 5.41) is 5.38. The molecule has 2 atom stereocenters. The van der Waals surface area contributed by atoms with E-state index in [1.54, 1.807) is 9.80 Å². The second-order valence-corrected chi connectivity index (χ2v) is 7.69. The fourth-order valence-electron chi connectivity index (χ4n) is 3.33. The van der Waals surface area contributed by atoms with Crippen molar-refractivity contribution in [3.8, 4) is 0 Å². The molecule has 5 heteroatoms. The normalized spacial score (nSPS) is 25.0. The molecule has 1 aromatic rings. The van der Waals surface area contributed by atoms with Crippen LogP contribution in [0.5, 0.6) is 0 Å². The Labute approximate surface area is 138 Å². The molecule has 4 nitrogen and oxygen atoms in total. The van der Waals surface area contributed by atoms with Gasteiger partial charge in [0.25, 0.3) is 0 Å². The molecule has 1 saturated heterocycles. The second-order valence-electron chi connectivity index (χ2n) is 6.71. The smallest absolute Gasteiger partial charge is 0.222 e. The minimum absolute atomic E-state index is 0.0443. The molecule has 0 spiro atoms. The van der Waals surface area contributed by atoms with Crippen LogP contribution < -0.4 is 15.1 Å². The largest absolute Gasteiger partial charge is 0.347 e. The Hall–Kier alpha value is -0.910. The lowest BCUT2D eigenvalue weighted by molar-refractivity contribution is -1.03. The fraction of sp³-hybridized carbons (Fsp3) is 0.706. The molecule has 0 aliphatic carbocycles. The van der Waals surface area contributed by atoms with Gasteiger partial charge < -0.3 is 15.1 Å². The molecular weight excluding hydrogens is 294 g/mol. The number of amides is 1. The molecule has 2 unspecified atom stereocenters. The zero-order valence-electron chi connectivity index (χ0n) is 14.3. The number of carbonyl (C=O) groups is 1. The maximum absolute atomic E-state index is 12.1. The van der Waals surface area contributed by atoms with Gasteiger partial charge in [-0.2, -0.15) is 0 Å². The third kappa shape index (κ3) is 4.31. The van der Waals surface area contributed by atoms with Crippen LogP contribution in [0.25, 0.3) is 0 Å². The summed E-state index contributed by atoms with van der Waals surface area (Å²) in [7, 11) is 0. The molecule has 2 rings (SSSR count). The first kappa shape index (κ1) is 17.4. The molecule has 2 heterocycles. The first-order chi connectivity index (χ1) is 10.5. The average Bonchev–Trinajstić information content (AvgIpc) is 3.02. The van der Waals surface area contributed by atoms with E-state index < -0.39 is 0 Å². The van der Waals surface area contributed by atoms with E-state index in [1.165, 1.54) is 37.6 Å². The zero-order valence-corrected chi connectivity index (χ0v) is 15.1. The summed E-state index contributed by atoms with van der Waals surface area (Å²) >= 11 is 1.82. The Morgan fingerprint density at radius 1 is 1.27 bits per heavy atom. The van der Waals surface area contributed by atoms with Crippen LogP contribution in [0.15, 0.2) is 17.5 Å². The number of rotatable bonds is 6. The third-order valence-electron chi connectivity index (χ3n) is 4.78. The van der Waals surface area contributed by atoms with Gasteiger partial charge >= 0.3 is 0 Å². The molecule has 1 aromatic heterocycles. The van der Waals surface area contributed by atoms with Crippen molar-refractivity contribution in [1.29, 1.82) is 0 Å². The van der Waals surface area contributed by atoms with Crippen molar-refractivity contribution < 1.29 is 14.6 Å². The van der Waals surface area contributed by atoms with Crippen LogP contribution >= 0.6 is 11.3 Å². The maximum Gasteiger partial charge on any atom is 0.222 e. The maximum atomic E-state index is 12.1. The molecule has 0 aromatic carbocycles. The van der Waals surface area contributed by atoms with E-state index in [1.807, 2.05) is 25.2 Å². The van der Waals surface area contributed by atoms with Crippen molar-refractivity contribution in [2.45, 2.75) is 39.8 Å². The Balaban J connectivity index is 2.09. The quantitative estimate of drug-likeness (QED) is 0.663. The molecule has 1 fully saturated rings. The predicted octanol–water partition coefficient (Wildman–Crippen LogP) is -0.247. The van der Waals surface area contributed by atoms with Gasteiger partial charge in [0.15, 0.2) is 0 Å². The lowest BCUT2D eigenvalue weighted by Gasteiger charge is -2.36. The minimum atomic E-state index is 0.0443. The van der Waals surface area contributed by atoms with Gasteiger partial charge in [-0.15, -0.1) is 11.3 Å². The summed E-state index contributed by atoms with van der Waals surface area (Å²) in [5.74, 6) is 0.203. The lowest BCUT2D eigenvalue weighted by Crippen LogP contribution is -3.28. The summed E-state index contributed by atoms with van der Waals surface area (Å²) in [6.07, 6.45) is 0. The average molecular weight is 326 g/mol. The van der Waals surface area contributed by atoms with Gasteiger partial charge in [0.05, 0.1) is 17.5 Å². The highest BCUT2D eigenvalue weighted by atomic mass is 32.1. The molecule has 0 bridgehead atoms. The molecule has 22 heavy (non-hydrogen) atoms. The number of hydrogen-bond acceptors (Lipinski definition) is 2. The van der Waals surface area contributed by atoms with E-state index in [2.05, 4.69) is 36.7 Å². The number of thiophene rings is 1. The van der Waals surface area contributed by atoms with Crippen LogP contribution in [0, 0.1) is 5.92 Å². The molecule has 1 aliphatic rings. The van der Waals surface area contributed by atoms with Crippen molar-refractivity contribution in [3.63, 3.8) is 0 Å². The Morgan fingerprint density at radius 3 is 2.45 bits per heavy atom.